The number of rotatable bonds is 0. The highest BCUT2D eigenvalue weighted by atomic mass is 16.9. The molecule has 4 aliphatic rings. The average molecular weight is 348 g/mol. The van der Waals surface area contributed by atoms with E-state index < -0.39 is 23.0 Å². The minimum Gasteiger partial charge on any atom is -0.357 e. The molecule has 0 saturated carbocycles. The van der Waals surface area contributed by atoms with Crippen molar-refractivity contribution in [3.63, 3.8) is 0 Å². The van der Waals surface area contributed by atoms with E-state index in [1.54, 1.807) is 0 Å². The fourth-order valence-corrected chi connectivity index (χ4v) is 4.65. The van der Waals surface area contributed by atoms with E-state index in [0.29, 0.717) is 13.2 Å². The predicted octanol–water partition coefficient (Wildman–Crippen LogP) is 2.44. The number of hydrogen-bond donors (Lipinski definition) is 0. The van der Waals surface area contributed by atoms with Gasteiger partial charge in [-0.3, -0.25) is 0 Å². The molecule has 5 rings (SSSR count). The van der Waals surface area contributed by atoms with Gasteiger partial charge >= 0.3 is 0 Å². The van der Waals surface area contributed by atoms with Crippen LogP contribution in [0.4, 0.5) is 0 Å². The first-order chi connectivity index (χ1) is 11.8. The normalized spacial score (nSPS) is 43.5. The van der Waals surface area contributed by atoms with Gasteiger partial charge in [0.05, 0.1) is 13.2 Å². The minimum atomic E-state index is -1.06. The van der Waals surface area contributed by atoms with E-state index >= 15 is 0 Å². The molecule has 4 atom stereocenters. The van der Waals surface area contributed by atoms with Crippen LogP contribution in [0.2, 0.25) is 0 Å². The van der Waals surface area contributed by atoms with Gasteiger partial charge in [0.1, 0.15) is 18.8 Å². The van der Waals surface area contributed by atoms with E-state index in [2.05, 4.69) is 12.1 Å². The highest BCUT2D eigenvalue weighted by Gasteiger charge is 2.74. The van der Waals surface area contributed by atoms with Crippen molar-refractivity contribution in [3.8, 4) is 0 Å². The molecule has 0 aromatic heterocycles. The summed E-state index contributed by atoms with van der Waals surface area (Å²) >= 11 is 0. The molecule has 1 aromatic carbocycles. The van der Waals surface area contributed by atoms with Crippen molar-refractivity contribution in [3.05, 3.63) is 35.4 Å². The maximum atomic E-state index is 6.46. The molecule has 0 N–H and O–H groups in total. The first-order valence-corrected chi connectivity index (χ1v) is 8.83. The van der Waals surface area contributed by atoms with Crippen LogP contribution in [0.3, 0.4) is 0 Å². The van der Waals surface area contributed by atoms with Crippen LogP contribution >= 0.6 is 0 Å². The van der Waals surface area contributed by atoms with Gasteiger partial charge in [-0.2, -0.15) is 0 Å². The molecule has 0 radical (unpaired) electrons. The summed E-state index contributed by atoms with van der Waals surface area (Å²) in [5.41, 5.74) is 1.23. The van der Waals surface area contributed by atoms with Crippen molar-refractivity contribution < 1.29 is 28.4 Å². The average Bonchev–Trinajstić information content (AvgIpc) is 3.17. The lowest BCUT2D eigenvalue weighted by molar-refractivity contribution is -0.379. The topological polar surface area (TPSA) is 55.4 Å². The molecule has 4 aliphatic heterocycles. The van der Waals surface area contributed by atoms with Gasteiger partial charge in [-0.05, 0) is 38.8 Å². The van der Waals surface area contributed by atoms with E-state index in [9.17, 15) is 0 Å². The van der Waals surface area contributed by atoms with Crippen LogP contribution in [-0.4, -0.2) is 42.8 Å². The minimum absolute atomic E-state index is 0.223. The standard InChI is InChI=1S/C19H24O6/c1-16(2)22-11-18(25-16)19(13-8-6-5-7-12(13)9-21-19)15-14(10-20-18)23-17(3,4)24-15/h5-8,14-15H,9-11H2,1-4H3/t14-,15-,18-,19-/m1/s1. The SMILES string of the molecule is CC1(C)O[C@@H]2[C@@H](CO[C@@]3(COC(C)(C)O3)[C@]23OCc2ccccc23)O1. The molecule has 3 fully saturated rings. The molecule has 0 aliphatic carbocycles. The third-order valence-corrected chi connectivity index (χ3v) is 5.52. The first kappa shape index (κ1) is 16.2. The number of fused-ring (bicyclic) bond motifs is 5. The Morgan fingerprint density at radius 2 is 1.72 bits per heavy atom. The van der Waals surface area contributed by atoms with Crippen LogP contribution in [0.15, 0.2) is 24.3 Å². The summed E-state index contributed by atoms with van der Waals surface area (Å²) in [4.78, 5) is 0. The fourth-order valence-electron chi connectivity index (χ4n) is 4.65. The van der Waals surface area contributed by atoms with Crippen LogP contribution in [0.1, 0.15) is 38.8 Å². The number of benzene rings is 1. The lowest BCUT2D eigenvalue weighted by atomic mass is 9.76. The summed E-state index contributed by atoms with van der Waals surface area (Å²) in [5, 5.41) is 0. The molecule has 1 aromatic rings. The maximum Gasteiger partial charge on any atom is 0.231 e. The van der Waals surface area contributed by atoms with Crippen LogP contribution in [0, 0.1) is 0 Å². The lowest BCUT2D eigenvalue weighted by Crippen LogP contribution is -2.68. The molecular weight excluding hydrogens is 324 g/mol. The third kappa shape index (κ3) is 2.07. The first-order valence-electron chi connectivity index (χ1n) is 8.83. The van der Waals surface area contributed by atoms with Crippen molar-refractivity contribution in [1.82, 2.24) is 0 Å². The van der Waals surface area contributed by atoms with E-state index in [0.717, 1.165) is 11.1 Å². The van der Waals surface area contributed by atoms with Gasteiger partial charge in [-0.15, -0.1) is 0 Å². The molecule has 2 spiro atoms. The third-order valence-electron chi connectivity index (χ3n) is 5.52. The molecule has 6 nitrogen and oxygen atoms in total. The monoisotopic (exact) mass is 348 g/mol. The Bertz CT molecular complexity index is 714. The number of hydrogen-bond acceptors (Lipinski definition) is 6. The van der Waals surface area contributed by atoms with Crippen molar-refractivity contribution >= 4 is 0 Å². The largest absolute Gasteiger partial charge is 0.357 e. The van der Waals surface area contributed by atoms with Crippen molar-refractivity contribution in [2.45, 2.75) is 69.5 Å². The summed E-state index contributed by atoms with van der Waals surface area (Å²) in [7, 11) is 0. The lowest BCUT2D eigenvalue weighted by Gasteiger charge is -2.51. The molecule has 0 unspecified atom stereocenters. The summed E-state index contributed by atoms with van der Waals surface area (Å²) in [5.74, 6) is -2.52. The Balaban J connectivity index is 1.70. The van der Waals surface area contributed by atoms with Crippen molar-refractivity contribution in [2.75, 3.05) is 13.2 Å². The quantitative estimate of drug-likeness (QED) is 0.718. The molecule has 0 bridgehead atoms. The summed E-state index contributed by atoms with van der Waals surface area (Å²) in [6.07, 6.45) is -0.559. The Hall–Kier alpha value is -1.02. The van der Waals surface area contributed by atoms with Crippen LogP contribution in [0.25, 0.3) is 0 Å². The Labute approximate surface area is 147 Å². The van der Waals surface area contributed by atoms with Gasteiger partial charge in [-0.1, -0.05) is 24.3 Å². The molecule has 25 heavy (non-hydrogen) atoms. The fraction of sp³-hybridized carbons (Fsp3) is 0.684. The van der Waals surface area contributed by atoms with Gasteiger partial charge in [0.15, 0.2) is 17.2 Å². The van der Waals surface area contributed by atoms with E-state index in [4.69, 9.17) is 28.4 Å². The Morgan fingerprint density at radius 3 is 2.48 bits per heavy atom. The highest BCUT2D eigenvalue weighted by molar-refractivity contribution is 5.40. The zero-order valence-corrected chi connectivity index (χ0v) is 15.0. The van der Waals surface area contributed by atoms with Gasteiger partial charge in [-0.25, -0.2) is 0 Å². The zero-order chi connectivity index (χ0) is 17.5. The number of ether oxygens (including phenoxy) is 6. The van der Waals surface area contributed by atoms with Gasteiger partial charge in [0.2, 0.25) is 5.79 Å². The second-order valence-corrected chi connectivity index (χ2v) is 8.13. The predicted molar refractivity (Wildman–Crippen MR) is 86.5 cm³/mol. The van der Waals surface area contributed by atoms with Crippen LogP contribution in [-0.2, 0) is 40.6 Å². The Kier molecular flexibility index (Phi) is 3.12. The van der Waals surface area contributed by atoms with Crippen LogP contribution in [0.5, 0.6) is 0 Å². The summed E-state index contributed by atoms with van der Waals surface area (Å²) in [6, 6.07) is 8.16. The second-order valence-electron chi connectivity index (χ2n) is 8.13. The van der Waals surface area contributed by atoms with E-state index in [1.807, 2.05) is 39.8 Å². The smallest absolute Gasteiger partial charge is 0.231 e. The van der Waals surface area contributed by atoms with E-state index in [1.165, 1.54) is 0 Å². The molecule has 3 saturated heterocycles. The summed E-state index contributed by atoms with van der Waals surface area (Å²) in [6.45, 7) is 8.76. The van der Waals surface area contributed by atoms with Gasteiger partial charge in [0, 0.05) is 0 Å². The van der Waals surface area contributed by atoms with E-state index in [-0.39, 0.29) is 18.8 Å². The molecule has 0 amide bonds. The summed E-state index contributed by atoms with van der Waals surface area (Å²) < 4.78 is 37.4. The van der Waals surface area contributed by atoms with Crippen LogP contribution < -0.4 is 0 Å². The van der Waals surface area contributed by atoms with Crippen molar-refractivity contribution in [2.24, 2.45) is 0 Å². The maximum absolute atomic E-state index is 6.46. The molecular formula is C19H24O6. The van der Waals surface area contributed by atoms with Crippen molar-refractivity contribution in [1.29, 1.82) is 0 Å². The molecule has 4 heterocycles. The Morgan fingerprint density at radius 1 is 0.920 bits per heavy atom. The molecule has 136 valence electrons. The van der Waals surface area contributed by atoms with Gasteiger partial charge in [0.25, 0.3) is 0 Å². The highest BCUT2D eigenvalue weighted by Crippen LogP contribution is 2.58. The zero-order valence-electron chi connectivity index (χ0n) is 15.0. The second kappa shape index (κ2) is 4.82. The molecule has 6 heteroatoms. The van der Waals surface area contributed by atoms with Gasteiger partial charge < -0.3 is 28.4 Å².